The van der Waals surface area contributed by atoms with Gasteiger partial charge in [0.2, 0.25) is 5.75 Å². The van der Waals surface area contributed by atoms with E-state index < -0.39 is 10.5 Å². The molecule has 2 aromatic carbocycles. The van der Waals surface area contributed by atoms with Gasteiger partial charge in [0.05, 0.1) is 4.92 Å². The summed E-state index contributed by atoms with van der Waals surface area (Å²) in [6, 6.07) is 10.2. The number of benzene rings is 2. The van der Waals surface area contributed by atoms with Gasteiger partial charge in [-0.3, -0.25) is 14.9 Å². The molecule has 0 N–H and O–H groups in total. The summed E-state index contributed by atoms with van der Waals surface area (Å²) in [5.74, 6) is -0.0121. The lowest BCUT2D eigenvalue weighted by Gasteiger charge is -2.08. The number of carbonyl (C=O) groups is 1. The van der Waals surface area contributed by atoms with Crippen molar-refractivity contribution in [2.24, 2.45) is 0 Å². The number of hydrogen-bond donors (Lipinski definition) is 0. The minimum absolute atomic E-state index is 0.00986. The Morgan fingerprint density at radius 3 is 2.60 bits per heavy atom. The van der Waals surface area contributed by atoms with E-state index in [1.54, 1.807) is 19.1 Å². The first-order valence-electron chi connectivity index (χ1n) is 7.37. The predicted octanol–water partition coefficient (Wildman–Crippen LogP) is 4.00. The second-order valence-corrected chi connectivity index (χ2v) is 5.50. The lowest BCUT2D eigenvalue weighted by molar-refractivity contribution is -0.385. The Balaban J connectivity index is 2.05. The zero-order valence-electron chi connectivity index (χ0n) is 13.4. The Labute approximate surface area is 141 Å². The van der Waals surface area contributed by atoms with Crippen molar-refractivity contribution < 1.29 is 18.9 Å². The summed E-state index contributed by atoms with van der Waals surface area (Å²) in [6.45, 7) is 3.11. The Morgan fingerprint density at radius 1 is 1.16 bits per heavy atom. The van der Waals surface area contributed by atoms with E-state index in [0.29, 0.717) is 5.58 Å². The standard InChI is InChI=1S/C18H13NO6/c1-10-7-18(21)25-17-9-13(4-5-14(10)17)24-16-6-3-12(11(2)20)8-15(16)19(22)23/h3-9H,1-2H3. The van der Waals surface area contributed by atoms with E-state index >= 15 is 0 Å². The van der Waals surface area contributed by atoms with Crippen LogP contribution < -0.4 is 10.4 Å². The molecule has 126 valence electrons. The highest BCUT2D eigenvalue weighted by Gasteiger charge is 2.18. The third-order valence-electron chi connectivity index (χ3n) is 3.71. The highest BCUT2D eigenvalue weighted by molar-refractivity contribution is 5.95. The maximum absolute atomic E-state index is 11.5. The van der Waals surface area contributed by atoms with Crippen molar-refractivity contribution in [1.29, 1.82) is 0 Å². The zero-order chi connectivity index (χ0) is 18.1. The van der Waals surface area contributed by atoms with Crippen LogP contribution in [-0.4, -0.2) is 10.7 Å². The molecule has 3 aromatic rings. The van der Waals surface area contributed by atoms with Crippen LogP contribution in [0.5, 0.6) is 11.5 Å². The van der Waals surface area contributed by atoms with Crippen LogP contribution in [0.4, 0.5) is 5.69 Å². The molecule has 3 rings (SSSR count). The van der Waals surface area contributed by atoms with Gasteiger partial charge in [-0.05, 0) is 43.7 Å². The van der Waals surface area contributed by atoms with Crippen LogP contribution in [0.3, 0.4) is 0 Å². The molecule has 0 saturated heterocycles. The van der Waals surface area contributed by atoms with Crippen LogP contribution in [0.2, 0.25) is 0 Å². The highest BCUT2D eigenvalue weighted by atomic mass is 16.6. The molecule has 25 heavy (non-hydrogen) atoms. The van der Waals surface area contributed by atoms with Crippen LogP contribution in [0.25, 0.3) is 11.0 Å². The van der Waals surface area contributed by atoms with Crippen LogP contribution >= 0.6 is 0 Å². The van der Waals surface area contributed by atoms with Crippen LogP contribution in [0.15, 0.2) is 51.7 Å². The molecule has 0 aliphatic heterocycles. The first-order valence-corrected chi connectivity index (χ1v) is 7.37. The lowest BCUT2D eigenvalue weighted by atomic mass is 10.1. The van der Waals surface area contributed by atoms with Crippen LogP contribution in [0, 0.1) is 17.0 Å². The fraction of sp³-hybridized carbons (Fsp3) is 0.111. The Kier molecular flexibility index (Phi) is 4.06. The number of carbonyl (C=O) groups excluding carboxylic acids is 1. The molecule has 0 unspecified atom stereocenters. The molecular weight excluding hydrogens is 326 g/mol. The number of Topliss-reactive ketones (excluding diaryl/α,β-unsaturated/α-hetero) is 1. The van der Waals surface area contributed by atoms with E-state index in [4.69, 9.17) is 9.15 Å². The molecule has 1 heterocycles. The first-order chi connectivity index (χ1) is 11.8. The van der Waals surface area contributed by atoms with Gasteiger partial charge in [0.15, 0.2) is 5.78 Å². The van der Waals surface area contributed by atoms with E-state index in [1.807, 2.05) is 0 Å². The summed E-state index contributed by atoms with van der Waals surface area (Å²) in [5.41, 5.74) is 0.497. The van der Waals surface area contributed by atoms with Crippen molar-refractivity contribution in [3.63, 3.8) is 0 Å². The number of ketones is 1. The normalized spacial score (nSPS) is 10.6. The number of hydrogen-bond acceptors (Lipinski definition) is 6. The molecule has 7 heteroatoms. The van der Waals surface area contributed by atoms with Gasteiger partial charge in [0, 0.05) is 29.1 Å². The second-order valence-electron chi connectivity index (χ2n) is 5.50. The smallest absolute Gasteiger partial charge is 0.336 e. The van der Waals surface area contributed by atoms with Gasteiger partial charge in [0.25, 0.3) is 0 Å². The molecule has 1 aromatic heterocycles. The van der Waals surface area contributed by atoms with Gasteiger partial charge in [0.1, 0.15) is 11.3 Å². The van der Waals surface area contributed by atoms with Crippen molar-refractivity contribution >= 4 is 22.4 Å². The van der Waals surface area contributed by atoms with Gasteiger partial charge >= 0.3 is 11.3 Å². The average molecular weight is 339 g/mol. The summed E-state index contributed by atoms with van der Waals surface area (Å²) >= 11 is 0. The Hall–Kier alpha value is -3.48. The molecule has 0 aliphatic carbocycles. The average Bonchev–Trinajstić information content (AvgIpc) is 2.54. The summed E-state index contributed by atoms with van der Waals surface area (Å²) in [4.78, 5) is 33.5. The van der Waals surface area contributed by atoms with Gasteiger partial charge < -0.3 is 9.15 Å². The Morgan fingerprint density at radius 2 is 1.92 bits per heavy atom. The first kappa shape index (κ1) is 16.4. The lowest BCUT2D eigenvalue weighted by Crippen LogP contribution is -1.99. The van der Waals surface area contributed by atoms with E-state index in [-0.39, 0.29) is 28.5 Å². The molecular formula is C18H13NO6. The molecule has 0 aliphatic rings. The fourth-order valence-electron chi connectivity index (χ4n) is 2.46. The molecule has 0 saturated carbocycles. The second kappa shape index (κ2) is 6.20. The monoisotopic (exact) mass is 339 g/mol. The highest BCUT2D eigenvalue weighted by Crippen LogP contribution is 2.33. The van der Waals surface area contributed by atoms with Gasteiger partial charge in [-0.1, -0.05) is 0 Å². The van der Waals surface area contributed by atoms with Crippen molar-refractivity contribution in [2.75, 3.05) is 0 Å². The minimum atomic E-state index is -0.618. The minimum Gasteiger partial charge on any atom is -0.450 e. The van der Waals surface area contributed by atoms with Crippen molar-refractivity contribution in [2.45, 2.75) is 13.8 Å². The number of fused-ring (bicyclic) bond motifs is 1. The maximum Gasteiger partial charge on any atom is 0.336 e. The molecule has 7 nitrogen and oxygen atoms in total. The number of nitro groups is 1. The summed E-state index contributed by atoms with van der Waals surface area (Å²) in [6.07, 6.45) is 0. The van der Waals surface area contributed by atoms with Gasteiger partial charge in [-0.25, -0.2) is 4.79 Å². The van der Waals surface area contributed by atoms with Crippen molar-refractivity contribution in [3.05, 3.63) is 74.1 Å². The summed E-state index contributed by atoms with van der Waals surface area (Å²) < 4.78 is 10.7. The van der Waals surface area contributed by atoms with Crippen molar-refractivity contribution in [1.82, 2.24) is 0 Å². The number of nitro benzene ring substituents is 1. The fourth-order valence-corrected chi connectivity index (χ4v) is 2.46. The summed E-state index contributed by atoms with van der Waals surface area (Å²) in [7, 11) is 0. The molecule has 0 spiro atoms. The molecule has 0 radical (unpaired) electrons. The van der Waals surface area contributed by atoms with E-state index in [2.05, 4.69) is 0 Å². The number of rotatable bonds is 4. The predicted molar refractivity (Wildman–Crippen MR) is 90.4 cm³/mol. The number of aryl methyl sites for hydroxylation is 1. The third-order valence-corrected chi connectivity index (χ3v) is 3.71. The largest absolute Gasteiger partial charge is 0.450 e. The molecule has 0 atom stereocenters. The Bertz CT molecular complexity index is 1070. The molecule has 0 bridgehead atoms. The molecule has 0 fully saturated rings. The number of ether oxygens (including phenoxy) is 1. The number of nitrogens with zero attached hydrogens (tertiary/aromatic N) is 1. The van der Waals surface area contributed by atoms with Crippen LogP contribution in [-0.2, 0) is 0 Å². The van der Waals surface area contributed by atoms with Gasteiger partial charge in [-0.2, -0.15) is 0 Å². The summed E-state index contributed by atoms with van der Waals surface area (Å²) in [5, 5.41) is 12.0. The van der Waals surface area contributed by atoms with Crippen molar-refractivity contribution in [3.8, 4) is 11.5 Å². The van der Waals surface area contributed by atoms with Gasteiger partial charge in [-0.15, -0.1) is 0 Å². The maximum atomic E-state index is 11.5. The van der Waals surface area contributed by atoms with Crippen LogP contribution in [0.1, 0.15) is 22.8 Å². The zero-order valence-corrected chi connectivity index (χ0v) is 13.4. The van der Waals surface area contributed by atoms with E-state index in [1.165, 1.54) is 37.3 Å². The van der Waals surface area contributed by atoms with E-state index in [9.17, 15) is 19.7 Å². The van der Waals surface area contributed by atoms with E-state index in [0.717, 1.165) is 10.9 Å². The third kappa shape index (κ3) is 3.25. The topological polar surface area (TPSA) is 99.7 Å². The SMILES string of the molecule is CC(=O)c1ccc(Oc2ccc3c(C)cc(=O)oc3c2)c([N+](=O)[O-])c1. The quantitative estimate of drug-likeness (QED) is 0.308. The molecule has 0 amide bonds.